The van der Waals surface area contributed by atoms with Crippen LogP contribution in [0.1, 0.15) is 58.4 Å². The first-order valence-electron chi connectivity index (χ1n) is 9.82. The molecule has 0 spiro atoms. The molecule has 0 saturated heterocycles. The Morgan fingerprint density at radius 2 is 2.04 bits per heavy atom. The normalized spacial score (nSPS) is 15.3. The van der Waals surface area contributed by atoms with Gasteiger partial charge in [-0.2, -0.15) is 0 Å². The fourth-order valence-electron chi connectivity index (χ4n) is 3.62. The molecular weight excluding hydrogens is 344 g/mol. The number of hydrogen-bond donors (Lipinski definition) is 0. The van der Waals surface area contributed by atoms with Gasteiger partial charge >= 0.3 is 5.97 Å². The van der Waals surface area contributed by atoms with Gasteiger partial charge in [0.25, 0.3) is 5.69 Å². The molecule has 0 aromatic heterocycles. The van der Waals surface area contributed by atoms with Crippen molar-refractivity contribution >= 4 is 23.4 Å². The van der Waals surface area contributed by atoms with Crippen molar-refractivity contribution in [2.75, 3.05) is 18.1 Å². The molecule has 0 unspecified atom stereocenters. The van der Waals surface area contributed by atoms with Crippen molar-refractivity contribution < 1.29 is 14.5 Å². The molecule has 148 valence electrons. The van der Waals surface area contributed by atoms with E-state index in [9.17, 15) is 14.9 Å². The molecule has 6 heteroatoms. The quantitative estimate of drug-likeness (QED) is 0.278. The third-order valence-corrected chi connectivity index (χ3v) is 4.78. The van der Waals surface area contributed by atoms with Crippen LogP contribution in [0, 0.1) is 16.0 Å². The number of benzene rings is 1. The maximum Gasteiger partial charge on any atom is 0.330 e. The highest BCUT2D eigenvalue weighted by Gasteiger charge is 2.27. The van der Waals surface area contributed by atoms with Gasteiger partial charge in [-0.25, -0.2) is 4.79 Å². The fraction of sp³-hybridized carbons (Fsp3) is 0.571. The zero-order valence-corrected chi connectivity index (χ0v) is 16.5. The molecule has 0 amide bonds. The van der Waals surface area contributed by atoms with Crippen molar-refractivity contribution in [3.05, 3.63) is 40.0 Å². The number of rotatable bonds is 8. The van der Waals surface area contributed by atoms with Gasteiger partial charge in [0, 0.05) is 24.7 Å². The minimum atomic E-state index is -0.451. The molecule has 0 heterocycles. The summed E-state index contributed by atoms with van der Waals surface area (Å²) in [6, 6.07) is 5.54. The van der Waals surface area contributed by atoms with E-state index in [1.165, 1.54) is 25.3 Å². The van der Waals surface area contributed by atoms with Gasteiger partial charge in [-0.05, 0) is 43.4 Å². The Bertz CT molecular complexity index is 679. The summed E-state index contributed by atoms with van der Waals surface area (Å²) in [7, 11) is 0. The molecule has 0 radical (unpaired) electrons. The van der Waals surface area contributed by atoms with Gasteiger partial charge in [0.15, 0.2) is 0 Å². The van der Waals surface area contributed by atoms with Gasteiger partial charge in [0.1, 0.15) is 5.69 Å². The van der Waals surface area contributed by atoms with Gasteiger partial charge in [0.2, 0.25) is 0 Å². The molecule has 1 aliphatic carbocycles. The summed E-state index contributed by atoms with van der Waals surface area (Å²) in [4.78, 5) is 25.1. The first-order chi connectivity index (χ1) is 12.9. The number of ether oxygens (including phenoxy) is 1. The molecule has 2 rings (SSSR count). The van der Waals surface area contributed by atoms with Crippen LogP contribution in [0.3, 0.4) is 0 Å². The van der Waals surface area contributed by atoms with Crippen molar-refractivity contribution in [3.63, 3.8) is 0 Å². The molecule has 0 N–H and O–H groups in total. The zero-order chi connectivity index (χ0) is 19.8. The van der Waals surface area contributed by atoms with E-state index in [-0.39, 0.29) is 10.6 Å². The Morgan fingerprint density at radius 3 is 2.63 bits per heavy atom. The number of esters is 1. The second-order valence-corrected chi connectivity index (χ2v) is 7.43. The predicted octanol–water partition coefficient (Wildman–Crippen LogP) is 4.97. The van der Waals surface area contributed by atoms with Crippen molar-refractivity contribution in [2.24, 2.45) is 5.92 Å². The Kier molecular flexibility index (Phi) is 7.82. The van der Waals surface area contributed by atoms with E-state index in [1.54, 1.807) is 19.1 Å². The zero-order valence-electron chi connectivity index (χ0n) is 16.5. The fourth-order valence-corrected chi connectivity index (χ4v) is 3.62. The van der Waals surface area contributed by atoms with Gasteiger partial charge < -0.3 is 9.64 Å². The monoisotopic (exact) mass is 374 g/mol. The molecule has 0 bridgehead atoms. The van der Waals surface area contributed by atoms with Crippen LogP contribution in [0.15, 0.2) is 24.3 Å². The van der Waals surface area contributed by atoms with E-state index in [0.717, 1.165) is 19.4 Å². The topological polar surface area (TPSA) is 72.7 Å². The van der Waals surface area contributed by atoms with Gasteiger partial charge in [0.05, 0.1) is 11.5 Å². The van der Waals surface area contributed by atoms with Crippen LogP contribution >= 0.6 is 0 Å². The van der Waals surface area contributed by atoms with Gasteiger partial charge in [-0.1, -0.05) is 39.2 Å². The molecule has 1 aromatic rings. The van der Waals surface area contributed by atoms with E-state index in [1.807, 2.05) is 12.1 Å². The standard InChI is InChI=1S/C21H30N2O4/c1-4-27-21(24)13-11-17-10-12-19(20(14-17)23(25)26)22(15-16(2)3)18-8-6-5-7-9-18/h10-14,16,18H,4-9,15H2,1-3H3. The van der Waals surface area contributed by atoms with Gasteiger partial charge in [-0.3, -0.25) is 10.1 Å². The minimum absolute atomic E-state index is 0.0900. The highest BCUT2D eigenvalue weighted by Crippen LogP contribution is 2.35. The first kappa shape index (κ1) is 20.9. The van der Waals surface area contributed by atoms with E-state index in [2.05, 4.69) is 18.7 Å². The molecule has 1 fully saturated rings. The average Bonchev–Trinajstić information content (AvgIpc) is 2.65. The second-order valence-electron chi connectivity index (χ2n) is 7.43. The average molecular weight is 374 g/mol. The number of nitro benzene ring substituents is 1. The Balaban J connectivity index is 2.34. The summed E-state index contributed by atoms with van der Waals surface area (Å²) >= 11 is 0. The van der Waals surface area contributed by atoms with E-state index < -0.39 is 5.97 Å². The molecule has 1 aromatic carbocycles. The lowest BCUT2D eigenvalue weighted by Gasteiger charge is -2.37. The third-order valence-electron chi connectivity index (χ3n) is 4.78. The number of nitrogens with zero attached hydrogens (tertiary/aromatic N) is 2. The number of hydrogen-bond acceptors (Lipinski definition) is 5. The SMILES string of the molecule is CCOC(=O)C=Cc1ccc(N(CC(C)C)C2CCCCC2)c([N+](=O)[O-])c1. The van der Waals surface area contributed by atoms with Crippen LogP contribution in [0.2, 0.25) is 0 Å². The second kappa shape index (κ2) is 10.1. The summed E-state index contributed by atoms with van der Waals surface area (Å²) in [5.74, 6) is -0.0391. The van der Waals surface area contributed by atoms with Crippen LogP contribution < -0.4 is 4.90 Å². The van der Waals surface area contributed by atoms with Crippen molar-refractivity contribution in [3.8, 4) is 0 Å². The van der Waals surface area contributed by atoms with Crippen molar-refractivity contribution in [1.82, 2.24) is 0 Å². The van der Waals surface area contributed by atoms with Crippen LogP contribution in [-0.4, -0.2) is 30.1 Å². The lowest BCUT2D eigenvalue weighted by molar-refractivity contribution is -0.384. The first-order valence-corrected chi connectivity index (χ1v) is 9.82. The van der Waals surface area contributed by atoms with Crippen molar-refractivity contribution in [2.45, 2.75) is 58.9 Å². The lowest BCUT2D eigenvalue weighted by Crippen LogP contribution is -2.39. The molecular formula is C21H30N2O4. The summed E-state index contributed by atoms with van der Waals surface area (Å²) in [5, 5.41) is 11.8. The molecule has 1 aliphatic rings. The predicted molar refractivity (Wildman–Crippen MR) is 108 cm³/mol. The number of carbonyl (C=O) groups is 1. The van der Waals surface area contributed by atoms with Crippen LogP contribution in [0.5, 0.6) is 0 Å². The molecule has 0 aliphatic heterocycles. The molecule has 1 saturated carbocycles. The smallest absolute Gasteiger partial charge is 0.330 e. The van der Waals surface area contributed by atoms with E-state index in [4.69, 9.17) is 4.74 Å². The molecule has 0 atom stereocenters. The van der Waals surface area contributed by atoms with Crippen LogP contribution in [-0.2, 0) is 9.53 Å². The Morgan fingerprint density at radius 1 is 1.33 bits per heavy atom. The molecule has 27 heavy (non-hydrogen) atoms. The Hall–Kier alpha value is -2.37. The summed E-state index contributed by atoms with van der Waals surface area (Å²) in [5.41, 5.74) is 1.38. The number of nitro groups is 1. The number of anilines is 1. The summed E-state index contributed by atoms with van der Waals surface area (Å²) < 4.78 is 4.86. The maximum atomic E-state index is 11.8. The summed E-state index contributed by atoms with van der Waals surface area (Å²) in [6.07, 6.45) is 8.60. The number of carbonyl (C=O) groups excluding carboxylic acids is 1. The van der Waals surface area contributed by atoms with Crippen LogP contribution in [0.4, 0.5) is 11.4 Å². The Labute approximate surface area is 161 Å². The van der Waals surface area contributed by atoms with Crippen molar-refractivity contribution in [1.29, 1.82) is 0 Å². The largest absolute Gasteiger partial charge is 0.463 e. The third kappa shape index (κ3) is 6.08. The van der Waals surface area contributed by atoms with E-state index in [0.29, 0.717) is 29.8 Å². The summed E-state index contributed by atoms with van der Waals surface area (Å²) in [6.45, 7) is 7.10. The maximum absolute atomic E-state index is 11.8. The van der Waals surface area contributed by atoms with Crippen LogP contribution in [0.25, 0.3) is 6.08 Å². The minimum Gasteiger partial charge on any atom is -0.463 e. The highest BCUT2D eigenvalue weighted by atomic mass is 16.6. The van der Waals surface area contributed by atoms with E-state index >= 15 is 0 Å². The van der Waals surface area contributed by atoms with Gasteiger partial charge in [-0.15, -0.1) is 0 Å². The highest BCUT2D eigenvalue weighted by molar-refractivity contribution is 5.87. The molecule has 6 nitrogen and oxygen atoms in total. The lowest BCUT2D eigenvalue weighted by atomic mass is 9.93.